The monoisotopic (exact) mass is 230 g/mol. The Bertz CT molecular complexity index is 272. The fourth-order valence-electron chi connectivity index (χ4n) is 2.40. The second kappa shape index (κ2) is 4.37. The van der Waals surface area contributed by atoms with Gasteiger partial charge in [0, 0.05) is 6.42 Å². The Balaban J connectivity index is 2.05. The summed E-state index contributed by atoms with van der Waals surface area (Å²) < 4.78 is 16.9. The Kier molecular flexibility index (Phi) is 3.25. The maximum absolute atomic E-state index is 8.74. The topological polar surface area (TPSA) is 84.1 Å². The van der Waals surface area contributed by atoms with Crippen LogP contribution in [0, 0.1) is 5.53 Å². The number of nitrogens with zero attached hydrogens (tertiary/aromatic N) is 1. The molecule has 0 spiro atoms. The minimum Gasteiger partial charge on any atom is -0.394 e. The van der Waals surface area contributed by atoms with E-state index < -0.39 is 5.79 Å². The Morgan fingerprint density at radius 2 is 2.12 bits per heavy atom. The molecule has 2 N–H and O–H groups in total. The standard InChI is InChI=1S/C10H18N2O4/c1-10(2)15-8-6(12-11)5-7(9(8)16-10)14-4-3-13/h6-9,11,13H,3-5H2,1-2H3/t6-,7+,8?,9?/m1/s1. The van der Waals surface area contributed by atoms with Gasteiger partial charge in [-0.3, -0.25) is 0 Å². The van der Waals surface area contributed by atoms with Crippen molar-refractivity contribution in [3.63, 3.8) is 0 Å². The third-order valence-corrected chi connectivity index (χ3v) is 2.97. The number of aliphatic hydroxyl groups is 1. The Hall–Kier alpha value is -0.560. The third-order valence-electron chi connectivity index (χ3n) is 2.97. The molecule has 1 aliphatic heterocycles. The van der Waals surface area contributed by atoms with Gasteiger partial charge in [-0.2, -0.15) is 5.11 Å². The highest BCUT2D eigenvalue weighted by Gasteiger charge is 2.54. The van der Waals surface area contributed by atoms with E-state index in [1.165, 1.54) is 0 Å². The zero-order valence-corrected chi connectivity index (χ0v) is 9.55. The van der Waals surface area contributed by atoms with Crippen molar-refractivity contribution < 1.29 is 19.3 Å². The lowest BCUT2D eigenvalue weighted by Gasteiger charge is -2.22. The third kappa shape index (κ3) is 2.10. The number of fused-ring (bicyclic) bond motifs is 1. The van der Waals surface area contributed by atoms with E-state index in [4.69, 9.17) is 24.8 Å². The van der Waals surface area contributed by atoms with Gasteiger partial charge in [0.25, 0.3) is 0 Å². The summed E-state index contributed by atoms with van der Waals surface area (Å²) in [5.74, 6) is -0.639. The molecule has 0 aromatic heterocycles. The summed E-state index contributed by atoms with van der Waals surface area (Å²) in [7, 11) is 0. The van der Waals surface area contributed by atoms with E-state index in [1.54, 1.807) is 0 Å². The molecular formula is C10H18N2O4. The van der Waals surface area contributed by atoms with Gasteiger partial charge in [-0.05, 0) is 13.8 Å². The number of nitrogens with one attached hydrogen (secondary N) is 1. The summed E-state index contributed by atoms with van der Waals surface area (Å²) in [5, 5.41) is 12.3. The summed E-state index contributed by atoms with van der Waals surface area (Å²) in [4.78, 5) is 0. The first kappa shape index (κ1) is 11.9. The summed E-state index contributed by atoms with van der Waals surface area (Å²) in [6.45, 7) is 3.95. The van der Waals surface area contributed by atoms with Crippen LogP contribution in [0.4, 0.5) is 0 Å². The number of ether oxygens (including phenoxy) is 3. The molecule has 1 heterocycles. The molecule has 92 valence electrons. The molecule has 0 radical (unpaired) electrons. The van der Waals surface area contributed by atoms with Gasteiger partial charge >= 0.3 is 0 Å². The number of hydrogen-bond donors (Lipinski definition) is 2. The second-order valence-electron chi connectivity index (χ2n) is 4.63. The maximum Gasteiger partial charge on any atom is 0.164 e. The van der Waals surface area contributed by atoms with Crippen molar-refractivity contribution in [2.75, 3.05) is 13.2 Å². The van der Waals surface area contributed by atoms with Crippen molar-refractivity contribution in [3.8, 4) is 0 Å². The largest absolute Gasteiger partial charge is 0.394 e. The first-order valence-corrected chi connectivity index (χ1v) is 5.52. The lowest BCUT2D eigenvalue weighted by atomic mass is 10.2. The highest BCUT2D eigenvalue weighted by atomic mass is 16.8. The highest BCUT2D eigenvalue weighted by Crippen LogP contribution is 2.40. The van der Waals surface area contributed by atoms with Gasteiger partial charge in [-0.25, -0.2) is 5.53 Å². The predicted molar refractivity (Wildman–Crippen MR) is 54.2 cm³/mol. The fourth-order valence-corrected chi connectivity index (χ4v) is 2.40. The molecule has 0 bridgehead atoms. The molecule has 4 atom stereocenters. The van der Waals surface area contributed by atoms with Crippen LogP contribution in [0.15, 0.2) is 5.11 Å². The van der Waals surface area contributed by atoms with Crippen LogP contribution in [0.5, 0.6) is 0 Å². The average molecular weight is 230 g/mol. The minimum absolute atomic E-state index is 0.0131. The van der Waals surface area contributed by atoms with E-state index in [9.17, 15) is 0 Å². The summed E-state index contributed by atoms with van der Waals surface area (Å²) in [5.41, 5.74) is 7.13. The van der Waals surface area contributed by atoms with E-state index in [1.807, 2.05) is 13.8 Å². The zero-order valence-electron chi connectivity index (χ0n) is 9.55. The second-order valence-corrected chi connectivity index (χ2v) is 4.63. The van der Waals surface area contributed by atoms with Gasteiger partial charge in [0.1, 0.15) is 18.2 Å². The van der Waals surface area contributed by atoms with Crippen molar-refractivity contribution in [1.82, 2.24) is 0 Å². The number of aliphatic hydroxyl groups excluding tert-OH is 1. The summed E-state index contributed by atoms with van der Waals surface area (Å²) in [6.07, 6.45) is 0.101. The van der Waals surface area contributed by atoms with E-state index in [0.717, 1.165) is 0 Å². The van der Waals surface area contributed by atoms with Crippen molar-refractivity contribution in [3.05, 3.63) is 0 Å². The molecule has 0 amide bonds. The first-order chi connectivity index (χ1) is 7.57. The van der Waals surface area contributed by atoms with Crippen LogP contribution in [0.25, 0.3) is 0 Å². The van der Waals surface area contributed by atoms with Gasteiger partial charge < -0.3 is 19.3 Å². The highest BCUT2D eigenvalue weighted by molar-refractivity contribution is 5.02. The van der Waals surface area contributed by atoms with E-state index in [2.05, 4.69) is 5.11 Å². The number of hydrogen-bond acceptors (Lipinski definition) is 6. The van der Waals surface area contributed by atoms with Crippen molar-refractivity contribution in [2.45, 2.75) is 50.4 Å². The van der Waals surface area contributed by atoms with Crippen LogP contribution in [-0.4, -0.2) is 48.5 Å². The molecule has 2 aliphatic rings. The van der Waals surface area contributed by atoms with Gasteiger partial charge in [-0.15, -0.1) is 0 Å². The molecule has 2 rings (SSSR count). The normalized spacial score (nSPS) is 40.9. The zero-order chi connectivity index (χ0) is 11.8. The molecular weight excluding hydrogens is 212 g/mol. The number of rotatable bonds is 4. The average Bonchev–Trinajstić information content (AvgIpc) is 2.69. The summed E-state index contributed by atoms with van der Waals surface area (Å²) in [6, 6.07) is -0.199. The molecule has 1 aliphatic carbocycles. The van der Waals surface area contributed by atoms with Gasteiger partial charge in [0.2, 0.25) is 0 Å². The predicted octanol–water partition coefficient (Wildman–Crippen LogP) is 0.687. The minimum atomic E-state index is -0.639. The molecule has 1 saturated heterocycles. The Labute approximate surface area is 94.4 Å². The molecule has 1 saturated carbocycles. The quantitative estimate of drug-likeness (QED) is 0.696. The molecule has 2 unspecified atom stereocenters. The Morgan fingerprint density at radius 1 is 1.44 bits per heavy atom. The SMILES string of the molecule is CC1(C)OC2C(O1)[C@H](N=N)C[C@@H]2OCCO. The van der Waals surface area contributed by atoms with E-state index in [-0.39, 0.29) is 37.6 Å². The molecule has 2 fully saturated rings. The molecule has 0 aromatic carbocycles. The molecule has 6 nitrogen and oxygen atoms in total. The molecule has 6 heteroatoms. The van der Waals surface area contributed by atoms with Crippen LogP contribution in [0.3, 0.4) is 0 Å². The maximum atomic E-state index is 8.74. The van der Waals surface area contributed by atoms with Crippen molar-refractivity contribution in [2.24, 2.45) is 5.11 Å². The Morgan fingerprint density at radius 3 is 2.75 bits per heavy atom. The van der Waals surface area contributed by atoms with E-state index in [0.29, 0.717) is 6.42 Å². The van der Waals surface area contributed by atoms with Crippen LogP contribution < -0.4 is 0 Å². The first-order valence-electron chi connectivity index (χ1n) is 5.52. The van der Waals surface area contributed by atoms with Crippen LogP contribution in [0.1, 0.15) is 20.3 Å². The smallest absolute Gasteiger partial charge is 0.164 e. The van der Waals surface area contributed by atoms with E-state index >= 15 is 0 Å². The van der Waals surface area contributed by atoms with Crippen molar-refractivity contribution >= 4 is 0 Å². The van der Waals surface area contributed by atoms with Gasteiger partial charge in [0.05, 0.1) is 19.3 Å². The molecule has 16 heavy (non-hydrogen) atoms. The summed E-state index contributed by atoms with van der Waals surface area (Å²) >= 11 is 0. The van der Waals surface area contributed by atoms with Crippen LogP contribution >= 0.6 is 0 Å². The van der Waals surface area contributed by atoms with Crippen LogP contribution in [0.2, 0.25) is 0 Å². The van der Waals surface area contributed by atoms with Gasteiger partial charge in [0.15, 0.2) is 5.79 Å². The van der Waals surface area contributed by atoms with Gasteiger partial charge in [-0.1, -0.05) is 0 Å². The lowest BCUT2D eigenvalue weighted by Crippen LogP contribution is -2.31. The van der Waals surface area contributed by atoms with Crippen LogP contribution in [-0.2, 0) is 14.2 Å². The molecule has 0 aromatic rings. The lowest BCUT2D eigenvalue weighted by molar-refractivity contribution is -0.168. The fraction of sp³-hybridized carbons (Fsp3) is 1.00. The van der Waals surface area contributed by atoms with Crippen molar-refractivity contribution in [1.29, 1.82) is 5.53 Å².